The molecule has 86 valence electrons. The zero-order chi connectivity index (χ0) is 11.4. The van der Waals surface area contributed by atoms with Crippen LogP contribution in [0.2, 0.25) is 0 Å². The molecular weight excluding hydrogens is 202 g/mol. The molecule has 2 rings (SSSR count). The molecule has 0 aliphatic carbocycles. The number of rotatable bonds is 3. The molecule has 1 aliphatic heterocycles. The van der Waals surface area contributed by atoms with Gasteiger partial charge in [0.25, 0.3) is 0 Å². The zero-order valence-corrected chi connectivity index (χ0v) is 9.52. The maximum Gasteiger partial charge on any atom is 0.240 e. The highest BCUT2D eigenvalue weighted by Gasteiger charge is 2.26. The fraction of sp³-hybridized carbons (Fsp3) is 0.500. The lowest BCUT2D eigenvalue weighted by molar-refractivity contribution is -0.136. The molecule has 1 atom stereocenters. The first-order valence-electron chi connectivity index (χ1n) is 5.72. The highest BCUT2D eigenvalue weighted by atomic mass is 16.2. The summed E-state index contributed by atoms with van der Waals surface area (Å²) in [4.78, 5) is 18.0. The second-order valence-electron chi connectivity index (χ2n) is 4.04. The minimum absolute atomic E-state index is 0.00887. The van der Waals surface area contributed by atoms with E-state index in [0.717, 1.165) is 25.1 Å². The van der Waals surface area contributed by atoms with Crippen molar-refractivity contribution in [3.8, 4) is 0 Å². The minimum Gasteiger partial charge on any atom is -0.336 e. The molecule has 0 bridgehead atoms. The Morgan fingerprint density at radius 3 is 3.19 bits per heavy atom. The van der Waals surface area contributed by atoms with Gasteiger partial charge >= 0.3 is 0 Å². The summed E-state index contributed by atoms with van der Waals surface area (Å²) in [6, 6.07) is 3.90. The number of hydrogen-bond donors (Lipinski definition) is 1. The maximum atomic E-state index is 12.0. The zero-order valence-electron chi connectivity index (χ0n) is 9.52. The highest BCUT2D eigenvalue weighted by Crippen LogP contribution is 2.09. The van der Waals surface area contributed by atoms with Crippen LogP contribution in [0, 0.1) is 0 Å². The Labute approximate surface area is 95.7 Å². The lowest BCUT2D eigenvalue weighted by Crippen LogP contribution is -2.54. The van der Waals surface area contributed by atoms with Gasteiger partial charge in [-0.1, -0.05) is 13.0 Å². The van der Waals surface area contributed by atoms with Crippen molar-refractivity contribution in [2.45, 2.75) is 25.9 Å². The third-order valence-electron chi connectivity index (χ3n) is 2.89. The topological polar surface area (TPSA) is 45.2 Å². The van der Waals surface area contributed by atoms with Gasteiger partial charge in [-0.2, -0.15) is 0 Å². The van der Waals surface area contributed by atoms with Crippen LogP contribution < -0.4 is 5.32 Å². The van der Waals surface area contributed by atoms with Gasteiger partial charge in [-0.05, 0) is 18.1 Å². The molecular formula is C12H17N3O. The van der Waals surface area contributed by atoms with Crippen LogP contribution in [0.15, 0.2) is 24.5 Å². The van der Waals surface area contributed by atoms with Gasteiger partial charge in [-0.3, -0.25) is 9.78 Å². The summed E-state index contributed by atoms with van der Waals surface area (Å²) in [5, 5.41) is 3.23. The van der Waals surface area contributed by atoms with Crippen molar-refractivity contribution < 1.29 is 4.79 Å². The number of piperazine rings is 1. The van der Waals surface area contributed by atoms with Gasteiger partial charge in [0.05, 0.1) is 6.04 Å². The van der Waals surface area contributed by atoms with Gasteiger partial charge < -0.3 is 10.2 Å². The monoisotopic (exact) mass is 219 g/mol. The maximum absolute atomic E-state index is 12.0. The SMILES string of the molecule is CCC1NCCN(Cc2cccnc2)C1=O. The summed E-state index contributed by atoms with van der Waals surface area (Å²) in [6.45, 7) is 4.36. The lowest BCUT2D eigenvalue weighted by atomic mass is 10.1. The molecule has 1 saturated heterocycles. The number of aromatic nitrogens is 1. The normalized spacial score (nSPS) is 21.2. The van der Waals surface area contributed by atoms with E-state index in [-0.39, 0.29) is 11.9 Å². The van der Waals surface area contributed by atoms with Gasteiger partial charge in [-0.15, -0.1) is 0 Å². The van der Waals surface area contributed by atoms with Crippen molar-refractivity contribution >= 4 is 5.91 Å². The van der Waals surface area contributed by atoms with E-state index in [1.165, 1.54) is 0 Å². The molecule has 1 amide bonds. The second-order valence-corrected chi connectivity index (χ2v) is 4.04. The first-order chi connectivity index (χ1) is 7.81. The van der Waals surface area contributed by atoms with Crippen molar-refractivity contribution in [2.75, 3.05) is 13.1 Å². The van der Waals surface area contributed by atoms with E-state index in [2.05, 4.69) is 10.3 Å². The summed E-state index contributed by atoms with van der Waals surface area (Å²) in [6.07, 6.45) is 4.41. The van der Waals surface area contributed by atoms with Gasteiger partial charge in [0, 0.05) is 32.0 Å². The molecule has 4 heteroatoms. The molecule has 1 aliphatic rings. The van der Waals surface area contributed by atoms with E-state index in [1.807, 2.05) is 30.2 Å². The highest BCUT2D eigenvalue weighted by molar-refractivity contribution is 5.82. The van der Waals surface area contributed by atoms with Crippen LogP contribution in [0.5, 0.6) is 0 Å². The fourth-order valence-corrected chi connectivity index (χ4v) is 1.98. The van der Waals surface area contributed by atoms with Crippen molar-refractivity contribution in [1.82, 2.24) is 15.2 Å². The van der Waals surface area contributed by atoms with Gasteiger partial charge in [0.15, 0.2) is 0 Å². The molecule has 16 heavy (non-hydrogen) atoms. The van der Waals surface area contributed by atoms with E-state index in [4.69, 9.17) is 0 Å². The Bertz CT molecular complexity index is 353. The average molecular weight is 219 g/mol. The predicted molar refractivity (Wildman–Crippen MR) is 61.7 cm³/mol. The Morgan fingerprint density at radius 2 is 2.50 bits per heavy atom. The lowest BCUT2D eigenvalue weighted by Gasteiger charge is -2.32. The van der Waals surface area contributed by atoms with Gasteiger partial charge in [-0.25, -0.2) is 0 Å². The molecule has 0 spiro atoms. The molecule has 1 unspecified atom stereocenters. The van der Waals surface area contributed by atoms with Crippen LogP contribution in [0.1, 0.15) is 18.9 Å². The Hall–Kier alpha value is -1.42. The molecule has 2 heterocycles. The van der Waals surface area contributed by atoms with Crippen molar-refractivity contribution in [2.24, 2.45) is 0 Å². The molecule has 0 radical (unpaired) electrons. The quantitative estimate of drug-likeness (QED) is 0.817. The third kappa shape index (κ3) is 2.39. The van der Waals surface area contributed by atoms with Gasteiger partial charge in [0.1, 0.15) is 0 Å². The number of amides is 1. The number of carbonyl (C=O) groups is 1. The van der Waals surface area contributed by atoms with Gasteiger partial charge in [0.2, 0.25) is 5.91 Å². The summed E-state index contributed by atoms with van der Waals surface area (Å²) < 4.78 is 0. The summed E-state index contributed by atoms with van der Waals surface area (Å²) >= 11 is 0. The molecule has 1 fully saturated rings. The van der Waals surface area contributed by atoms with Crippen LogP contribution in [0.25, 0.3) is 0 Å². The van der Waals surface area contributed by atoms with Crippen LogP contribution in [0.4, 0.5) is 0 Å². The molecule has 1 N–H and O–H groups in total. The third-order valence-corrected chi connectivity index (χ3v) is 2.89. The number of nitrogens with one attached hydrogen (secondary N) is 1. The molecule has 4 nitrogen and oxygen atoms in total. The van der Waals surface area contributed by atoms with E-state index >= 15 is 0 Å². The van der Waals surface area contributed by atoms with Crippen LogP contribution >= 0.6 is 0 Å². The van der Waals surface area contributed by atoms with E-state index < -0.39 is 0 Å². The first kappa shape index (κ1) is 11.1. The molecule has 1 aromatic heterocycles. The van der Waals surface area contributed by atoms with E-state index in [1.54, 1.807) is 6.20 Å². The van der Waals surface area contributed by atoms with Crippen LogP contribution in [-0.2, 0) is 11.3 Å². The van der Waals surface area contributed by atoms with Crippen molar-refractivity contribution in [3.05, 3.63) is 30.1 Å². The van der Waals surface area contributed by atoms with E-state index in [9.17, 15) is 4.79 Å². The largest absolute Gasteiger partial charge is 0.336 e. The second kappa shape index (κ2) is 5.07. The predicted octanol–water partition coefficient (Wildman–Crippen LogP) is 0.792. The number of pyridine rings is 1. The Balaban J connectivity index is 2.02. The standard InChI is InChI=1S/C12H17N3O/c1-2-11-12(16)15(7-6-14-11)9-10-4-3-5-13-8-10/h3-5,8,11,14H,2,6-7,9H2,1H3. The van der Waals surface area contributed by atoms with Crippen LogP contribution in [0.3, 0.4) is 0 Å². The summed E-state index contributed by atoms with van der Waals surface area (Å²) in [5.41, 5.74) is 1.09. The van der Waals surface area contributed by atoms with Crippen LogP contribution in [-0.4, -0.2) is 34.9 Å². The molecule has 0 aromatic carbocycles. The minimum atomic E-state index is -0.00887. The Kier molecular flexibility index (Phi) is 3.51. The summed E-state index contributed by atoms with van der Waals surface area (Å²) in [7, 11) is 0. The number of hydrogen-bond acceptors (Lipinski definition) is 3. The first-order valence-corrected chi connectivity index (χ1v) is 5.72. The van der Waals surface area contributed by atoms with Crippen molar-refractivity contribution in [3.63, 3.8) is 0 Å². The number of nitrogens with zero attached hydrogens (tertiary/aromatic N) is 2. The smallest absolute Gasteiger partial charge is 0.240 e. The molecule has 1 aromatic rings. The average Bonchev–Trinajstić information content (AvgIpc) is 2.33. The number of carbonyl (C=O) groups excluding carboxylic acids is 1. The van der Waals surface area contributed by atoms with Crippen molar-refractivity contribution in [1.29, 1.82) is 0 Å². The Morgan fingerprint density at radius 1 is 1.62 bits per heavy atom. The fourth-order valence-electron chi connectivity index (χ4n) is 1.98. The van der Waals surface area contributed by atoms with E-state index in [0.29, 0.717) is 6.54 Å². The molecule has 0 saturated carbocycles. The summed E-state index contributed by atoms with van der Waals surface area (Å²) in [5.74, 6) is 0.206.